The third kappa shape index (κ3) is 52.1. The lowest BCUT2D eigenvalue weighted by molar-refractivity contribution is -0.271. The number of unbranched alkanes of at least 4 members (excludes halogenated alkanes) is 38. The maximum atomic E-state index is 14.7. The summed E-state index contributed by atoms with van der Waals surface area (Å²) in [5.41, 5.74) is 6.44. The number of aliphatic hydroxyl groups excluding tert-OH is 1. The monoisotopic (exact) mass is 1430 g/mol. The minimum Gasteiger partial charge on any atom is -0.462 e. The smallest absolute Gasteiger partial charge is 0.462 e. The Morgan fingerprint density at radius 2 is 0.737 bits per heavy atom. The first-order valence-corrected chi connectivity index (χ1v) is 41.7. The number of esters is 4. The lowest BCUT2D eigenvalue weighted by Crippen LogP contribution is -2.66. The van der Waals surface area contributed by atoms with Crippen LogP contribution in [0.2, 0.25) is 0 Å². The molecule has 99 heavy (non-hydrogen) atoms. The van der Waals surface area contributed by atoms with E-state index in [1.807, 2.05) is 6.92 Å². The number of ether oxygens (including phenoxy) is 6. The van der Waals surface area contributed by atoms with Crippen LogP contribution in [0.15, 0.2) is 0 Å². The van der Waals surface area contributed by atoms with E-state index in [4.69, 9.17) is 38.7 Å². The Morgan fingerprint density at radius 3 is 1.09 bits per heavy atom. The summed E-state index contributed by atoms with van der Waals surface area (Å²) in [6.07, 6.45) is 34.6. The average molecular weight is 1430 g/mol. The Morgan fingerprint density at radius 1 is 0.424 bits per heavy atom. The van der Waals surface area contributed by atoms with Gasteiger partial charge in [0.2, 0.25) is 17.7 Å². The van der Waals surface area contributed by atoms with Gasteiger partial charge in [0.05, 0.1) is 32.5 Å². The van der Waals surface area contributed by atoms with Gasteiger partial charge in [-0.1, -0.05) is 286 Å². The lowest BCUT2D eigenvalue weighted by Gasteiger charge is -2.45. The molecule has 21 nitrogen and oxygen atoms in total. The third-order valence-electron chi connectivity index (χ3n) is 18.7. The average Bonchev–Trinajstić information content (AvgIpc) is 0.785. The first-order valence-electron chi connectivity index (χ1n) is 40.1. The van der Waals surface area contributed by atoms with Gasteiger partial charge >= 0.3 is 31.7 Å². The van der Waals surface area contributed by atoms with Crippen LogP contribution in [0, 0.1) is 0 Å². The normalized spacial score (nSPS) is 17.5. The summed E-state index contributed by atoms with van der Waals surface area (Å²) in [5, 5.41) is 15.9. The molecular formula is C77H144N3O18P. The molecule has 1 fully saturated rings. The molecule has 0 aromatic rings. The van der Waals surface area contributed by atoms with Gasteiger partial charge in [0.15, 0.2) is 12.4 Å². The number of phosphoric acid groups is 1. The topological polar surface area (TPSA) is 312 Å². The number of aliphatic hydroxyl groups is 1. The molecule has 0 aromatic carbocycles. The summed E-state index contributed by atoms with van der Waals surface area (Å²) in [5.74, 6) is -4.87. The molecule has 1 aliphatic rings. The van der Waals surface area contributed by atoms with Crippen LogP contribution < -0.4 is 16.4 Å². The molecule has 1 heterocycles. The van der Waals surface area contributed by atoms with Crippen LogP contribution in [0.3, 0.4) is 0 Å². The van der Waals surface area contributed by atoms with E-state index in [9.17, 15) is 53.0 Å². The van der Waals surface area contributed by atoms with Crippen LogP contribution in [0.5, 0.6) is 0 Å². The summed E-state index contributed by atoms with van der Waals surface area (Å²) >= 11 is 0. The molecule has 1 aliphatic heterocycles. The molecule has 3 amide bonds. The Balaban J connectivity index is 3.71. The number of amides is 3. The number of carbonyl (C=O) groups is 7. The summed E-state index contributed by atoms with van der Waals surface area (Å²) < 4.78 is 54.5. The fraction of sp³-hybridized carbons (Fsp3) is 0.909. The highest BCUT2D eigenvalue weighted by Gasteiger charge is 2.52. The van der Waals surface area contributed by atoms with Gasteiger partial charge in [-0.3, -0.25) is 43.4 Å². The number of carbonyl (C=O) groups excluding carboxylic acids is 7. The Hall–Kier alpha value is -3.56. The molecule has 0 spiro atoms. The van der Waals surface area contributed by atoms with Crippen molar-refractivity contribution in [1.82, 2.24) is 10.6 Å². The maximum absolute atomic E-state index is 14.7. The zero-order valence-corrected chi connectivity index (χ0v) is 64.0. The second-order valence-electron chi connectivity index (χ2n) is 28.2. The molecule has 9 atom stereocenters. The van der Waals surface area contributed by atoms with Crippen LogP contribution in [-0.2, 0) is 71.1 Å². The number of nitrogens with two attached hydrogens (primary N) is 1. The van der Waals surface area contributed by atoms with Gasteiger partial charge in [0.1, 0.15) is 42.6 Å². The van der Waals surface area contributed by atoms with Crippen LogP contribution in [0.25, 0.3) is 0 Å². The van der Waals surface area contributed by atoms with E-state index in [2.05, 4.69) is 45.3 Å². The van der Waals surface area contributed by atoms with E-state index in [1.54, 1.807) is 0 Å². The fourth-order valence-corrected chi connectivity index (χ4v) is 13.3. The van der Waals surface area contributed by atoms with Crippen molar-refractivity contribution in [3.8, 4) is 0 Å². The largest absolute Gasteiger partial charge is 0.470 e. The number of nitrogens with one attached hydrogen (secondary N) is 2. The van der Waals surface area contributed by atoms with Crippen LogP contribution in [-0.4, -0.2) is 125 Å². The molecule has 0 radical (unpaired) electrons. The molecule has 0 aromatic heterocycles. The number of imide groups is 1. The molecule has 0 saturated carbocycles. The zero-order valence-electron chi connectivity index (χ0n) is 63.1. The quantitative estimate of drug-likeness (QED) is 0.0143. The predicted octanol–water partition coefficient (Wildman–Crippen LogP) is 17.1. The van der Waals surface area contributed by atoms with Crippen molar-refractivity contribution in [2.75, 3.05) is 13.2 Å². The molecule has 22 heteroatoms. The van der Waals surface area contributed by atoms with Crippen molar-refractivity contribution < 1.29 is 86.0 Å². The van der Waals surface area contributed by atoms with Gasteiger partial charge in [0.25, 0.3) is 0 Å². The van der Waals surface area contributed by atoms with Gasteiger partial charge in [0, 0.05) is 19.3 Å². The van der Waals surface area contributed by atoms with Crippen molar-refractivity contribution in [3.05, 3.63) is 0 Å². The zero-order chi connectivity index (χ0) is 73.0. The minimum atomic E-state index is -5.52. The molecule has 0 bridgehead atoms. The van der Waals surface area contributed by atoms with Crippen molar-refractivity contribution >= 4 is 49.4 Å². The van der Waals surface area contributed by atoms with E-state index < -0.39 is 130 Å². The van der Waals surface area contributed by atoms with Crippen LogP contribution in [0.4, 0.5) is 0 Å². The first-order chi connectivity index (χ1) is 47.8. The molecule has 7 N–H and O–H groups in total. The molecule has 580 valence electrons. The van der Waals surface area contributed by atoms with Gasteiger partial charge in [-0.15, -0.1) is 0 Å². The summed E-state index contributed by atoms with van der Waals surface area (Å²) in [7, 11) is -5.52. The van der Waals surface area contributed by atoms with Gasteiger partial charge in [-0.25, -0.2) is 4.57 Å². The number of rotatable bonds is 68. The highest BCUT2D eigenvalue weighted by Crippen LogP contribution is 2.42. The first kappa shape index (κ1) is 93.5. The van der Waals surface area contributed by atoms with E-state index in [0.717, 1.165) is 186 Å². The molecule has 1 rings (SSSR count). The molecule has 0 unspecified atom stereocenters. The van der Waals surface area contributed by atoms with Crippen molar-refractivity contribution in [1.29, 1.82) is 0 Å². The fourth-order valence-electron chi connectivity index (χ4n) is 12.7. The standard InChI is InChI=1S/C77H144N3O18P/c1-7-13-19-24-29-32-37-40-46-51-62(93-69(84)54-45-18-12-6)57-67(82)79-73-75(97-72(87)59-64(53-48-42-39-34-31-26-21-15-9-3)95-71(86)56-50-44-36-28-23-17-11-5)74(98-99(89,90)91)66(60-81)96-77(73)92-61-65(78)76(88)80-68(83)58-63(52-47-41-38-33-30-25-20-14-8-2)94-70(85)55-49-43-35-27-22-16-10-4/h62-66,73-75,77,81H,7-61,78H2,1-6H3,(H,79,82)(H,80,83,88)(H2,89,90,91)/t62-,63-,64-,65+,66-,73-,74-,75-,77+/m1/s1. The highest BCUT2D eigenvalue weighted by atomic mass is 31.2. The van der Waals surface area contributed by atoms with Crippen LogP contribution in [0.1, 0.15) is 382 Å². The summed E-state index contributed by atoms with van der Waals surface area (Å²) in [6.45, 7) is 11.2. The Kier molecular flexibility index (Phi) is 59.4. The van der Waals surface area contributed by atoms with E-state index >= 15 is 0 Å². The molecule has 1 saturated heterocycles. The lowest BCUT2D eigenvalue weighted by atomic mass is 9.95. The number of hydrogen-bond acceptors (Lipinski definition) is 17. The van der Waals surface area contributed by atoms with Gasteiger partial charge in [-0.05, 0) is 57.8 Å². The van der Waals surface area contributed by atoms with E-state index in [-0.39, 0.29) is 25.7 Å². The Bertz CT molecular complexity index is 2100. The van der Waals surface area contributed by atoms with Crippen molar-refractivity contribution in [2.24, 2.45) is 5.73 Å². The molecular weight excluding hydrogens is 1290 g/mol. The summed E-state index contributed by atoms with van der Waals surface area (Å²) in [6, 6.07) is -3.33. The second-order valence-corrected chi connectivity index (χ2v) is 29.4. The van der Waals surface area contributed by atoms with Gasteiger partial charge < -0.3 is 54.4 Å². The predicted molar refractivity (Wildman–Crippen MR) is 390 cm³/mol. The number of phosphoric ester groups is 1. The molecule has 0 aliphatic carbocycles. The maximum Gasteiger partial charge on any atom is 0.470 e. The Labute approximate surface area is 599 Å². The van der Waals surface area contributed by atoms with E-state index in [1.165, 1.54) is 57.8 Å². The van der Waals surface area contributed by atoms with Crippen molar-refractivity contribution in [2.45, 2.75) is 437 Å². The minimum absolute atomic E-state index is 0.137. The van der Waals surface area contributed by atoms with Gasteiger partial charge in [-0.2, -0.15) is 0 Å². The van der Waals surface area contributed by atoms with Crippen LogP contribution >= 0.6 is 7.82 Å². The highest BCUT2D eigenvalue weighted by molar-refractivity contribution is 7.46. The van der Waals surface area contributed by atoms with Crippen molar-refractivity contribution in [3.63, 3.8) is 0 Å². The SMILES string of the molecule is CCCCCCCCCCC[C@H](CC(=O)NC(=O)[C@@H](N)CO[C@H]1O[C@H](CO)[C@@H](OP(=O)(O)O)[C@H](OC(=O)C[C@@H](CCCCCCCCCCC)OC(=O)CCCCCCCCC)[C@H]1NC(=O)C[C@@H](CCCCCCCCCCC)OC(=O)CCCCC)OC(=O)CCCCCCCCC. The summed E-state index contributed by atoms with van der Waals surface area (Å²) in [4.78, 5) is 118. The number of hydrogen-bond donors (Lipinski definition) is 6. The van der Waals surface area contributed by atoms with E-state index in [0.29, 0.717) is 57.8 Å². The third-order valence-corrected chi connectivity index (χ3v) is 19.2. The second kappa shape index (κ2) is 63.0.